The van der Waals surface area contributed by atoms with E-state index >= 15 is 0 Å². The molecular formula is C14H21NO. The van der Waals surface area contributed by atoms with Crippen molar-refractivity contribution in [2.75, 3.05) is 13.2 Å². The van der Waals surface area contributed by atoms with E-state index in [4.69, 9.17) is 4.74 Å². The first kappa shape index (κ1) is 11.5. The van der Waals surface area contributed by atoms with Crippen molar-refractivity contribution in [1.82, 2.24) is 5.32 Å². The molecular weight excluding hydrogens is 198 g/mol. The Balaban J connectivity index is 1.88. The van der Waals surface area contributed by atoms with Gasteiger partial charge >= 0.3 is 0 Å². The molecule has 0 saturated carbocycles. The molecule has 0 radical (unpaired) electrons. The normalized spacial score (nSPS) is 20.8. The summed E-state index contributed by atoms with van der Waals surface area (Å²) in [6, 6.07) is 6.92. The third-order valence-corrected chi connectivity index (χ3v) is 3.06. The summed E-state index contributed by atoms with van der Waals surface area (Å²) in [6.45, 7) is 6.15. The molecule has 1 fully saturated rings. The minimum atomic E-state index is 0.537. The molecule has 1 aromatic carbocycles. The summed E-state index contributed by atoms with van der Waals surface area (Å²) in [5, 5.41) is 3.49. The van der Waals surface area contributed by atoms with Crippen LogP contribution in [0.4, 0.5) is 0 Å². The lowest BCUT2D eigenvalue weighted by Gasteiger charge is -2.23. The summed E-state index contributed by atoms with van der Waals surface area (Å²) < 4.78 is 5.84. The highest BCUT2D eigenvalue weighted by Crippen LogP contribution is 2.17. The molecule has 2 heteroatoms. The van der Waals surface area contributed by atoms with E-state index in [1.807, 2.05) is 0 Å². The summed E-state index contributed by atoms with van der Waals surface area (Å²) in [4.78, 5) is 0. The van der Waals surface area contributed by atoms with Crippen molar-refractivity contribution in [2.24, 2.45) is 0 Å². The van der Waals surface area contributed by atoms with Gasteiger partial charge in [0.2, 0.25) is 0 Å². The molecule has 1 aliphatic rings. The zero-order valence-electron chi connectivity index (χ0n) is 10.3. The highest BCUT2D eigenvalue weighted by atomic mass is 16.5. The van der Waals surface area contributed by atoms with Gasteiger partial charge in [-0.25, -0.2) is 0 Å². The number of nitrogens with one attached hydrogen (secondary N) is 1. The van der Waals surface area contributed by atoms with Crippen molar-refractivity contribution in [3.63, 3.8) is 0 Å². The highest BCUT2D eigenvalue weighted by Gasteiger charge is 2.12. The Bertz CT molecular complexity index is 322. The quantitative estimate of drug-likeness (QED) is 0.844. The van der Waals surface area contributed by atoms with E-state index in [-0.39, 0.29) is 0 Å². The number of aryl methyl sites for hydroxylation is 2. The zero-order chi connectivity index (χ0) is 11.4. The molecule has 1 heterocycles. The molecule has 0 aliphatic carbocycles. The SMILES string of the molecule is Cc1cc(C)cc(OCC2CCCCN2)c1. The van der Waals surface area contributed by atoms with Gasteiger partial charge in [0.15, 0.2) is 0 Å². The molecule has 1 aliphatic heterocycles. The molecule has 2 rings (SSSR count). The third-order valence-electron chi connectivity index (χ3n) is 3.06. The summed E-state index contributed by atoms with van der Waals surface area (Å²) >= 11 is 0. The number of hydrogen-bond acceptors (Lipinski definition) is 2. The van der Waals surface area contributed by atoms with E-state index in [0.29, 0.717) is 6.04 Å². The fraction of sp³-hybridized carbons (Fsp3) is 0.571. The molecule has 0 aromatic heterocycles. The Morgan fingerprint density at radius 3 is 2.56 bits per heavy atom. The van der Waals surface area contributed by atoms with Crippen molar-refractivity contribution in [2.45, 2.75) is 39.2 Å². The van der Waals surface area contributed by atoms with E-state index in [1.165, 1.54) is 30.4 Å². The Morgan fingerprint density at radius 2 is 1.94 bits per heavy atom. The van der Waals surface area contributed by atoms with Crippen LogP contribution in [0.1, 0.15) is 30.4 Å². The summed E-state index contributed by atoms with van der Waals surface area (Å²) in [5.74, 6) is 1.00. The number of piperidine rings is 1. The van der Waals surface area contributed by atoms with Gasteiger partial charge in [-0.1, -0.05) is 12.5 Å². The van der Waals surface area contributed by atoms with Gasteiger partial charge in [-0.05, 0) is 56.5 Å². The van der Waals surface area contributed by atoms with Crippen LogP contribution in [0.3, 0.4) is 0 Å². The molecule has 0 spiro atoms. The predicted octanol–water partition coefficient (Wildman–Crippen LogP) is 2.82. The van der Waals surface area contributed by atoms with Crippen LogP contribution in [-0.2, 0) is 0 Å². The highest BCUT2D eigenvalue weighted by molar-refractivity contribution is 5.33. The van der Waals surface area contributed by atoms with Crippen LogP contribution in [0, 0.1) is 13.8 Å². The molecule has 1 atom stereocenters. The van der Waals surface area contributed by atoms with Gasteiger partial charge in [0, 0.05) is 6.04 Å². The minimum Gasteiger partial charge on any atom is -0.492 e. The van der Waals surface area contributed by atoms with Crippen LogP contribution in [0.15, 0.2) is 18.2 Å². The van der Waals surface area contributed by atoms with E-state index in [2.05, 4.69) is 37.4 Å². The molecule has 1 N–H and O–H groups in total. The Hall–Kier alpha value is -1.02. The number of benzene rings is 1. The predicted molar refractivity (Wildman–Crippen MR) is 67.1 cm³/mol. The first-order valence-corrected chi connectivity index (χ1v) is 6.18. The third kappa shape index (κ3) is 3.24. The van der Waals surface area contributed by atoms with E-state index < -0.39 is 0 Å². The van der Waals surface area contributed by atoms with Crippen LogP contribution in [-0.4, -0.2) is 19.2 Å². The topological polar surface area (TPSA) is 21.3 Å². The summed E-state index contributed by atoms with van der Waals surface area (Å²) in [7, 11) is 0. The van der Waals surface area contributed by atoms with E-state index in [9.17, 15) is 0 Å². The first-order chi connectivity index (χ1) is 7.74. The van der Waals surface area contributed by atoms with Gasteiger partial charge in [-0.15, -0.1) is 0 Å². The molecule has 0 bridgehead atoms. The van der Waals surface area contributed by atoms with Crippen LogP contribution in [0.5, 0.6) is 5.75 Å². The monoisotopic (exact) mass is 219 g/mol. The minimum absolute atomic E-state index is 0.537. The largest absolute Gasteiger partial charge is 0.492 e. The van der Waals surface area contributed by atoms with Crippen LogP contribution >= 0.6 is 0 Å². The lowest BCUT2D eigenvalue weighted by molar-refractivity contribution is 0.239. The zero-order valence-corrected chi connectivity index (χ0v) is 10.3. The average Bonchev–Trinajstić information content (AvgIpc) is 2.27. The Kier molecular flexibility index (Phi) is 3.83. The van der Waals surface area contributed by atoms with E-state index in [1.54, 1.807) is 0 Å². The molecule has 1 unspecified atom stereocenters. The van der Waals surface area contributed by atoms with Crippen LogP contribution < -0.4 is 10.1 Å². The number of rotatable bonds is 3. The van der Waals surface area contributed by atoms with Gasteiger partial charge in [-0.3, -0.25) is 0 Å². The number of hydrogen-bond donors (Lipinski definition) is 1. The molecule has 1 aromatic rings. The van der Waals surface area contributed by atoms with Crippen LogP contribution in [0.25, 0.3) is 0 Å². The van der Waals surface area contributed by atoms with Gasteiger partial charge < -0.3 is 10.1 Å². The second-order valence-corrected chi connectivity index (χ2v) is 4.78. The summed E-state index contributed by atoms with van der Waals surface area (Å²) in [5.41, 5.74) is 2.54. The maximum absolute atomic E-state index is 5.84. The number of ether oxygens (including phenoxy) is 1. The van der Waals surface area contributed by atoms with Gasteiger partial charge in [0.05, 0.1) is 0 Å². The fourth-order valence-electron chi connectivity index (χ4n) is 2.28. The maximum atomic E-state index is 5.84. The first-order valence-electron chi connectivity index (χ1n) is 6.18. The second-order valence-electron chi connectivity index (χ2n) is 4.78. The second kappa shape index (κ2) is 5.35. The Labute approximate surface area is 98.0 Å². The lowest BCUT2D eigenvalue weighted by atomic mass is 10.1. The maximum Gasteiger partial charge on any atom is 0.119 e. The average molecular weight is 219 g/mol. The molecule has 2 nitrogen and oxygen atoms in total. The van der Waals surface area contributed by atoms with Crippen molar-refractivity contribution in [3.8, 4) is 5.75 Å². The lowest BCUT2D eigenvalue weighted by Crippen LogP contribution is -2.38. The van der Waals surface area contributed by atoms with Crippen LogP contribution in [0.2, 0.25) is 0 Å². The molecule has 88 valence electrons. The van der Waals surface area contributed by atoms with Crippen molar-refractivity contribution in [1.29, 1.82) is 0 Å². The van der Waals surface area contributed by atoms with Crippen molar-refractivity contribution < 1.29 is 4.74 Å². The fourth-order valence-corrected chi connectivity index (χ4v) is 2.28. The van der Waals surface area contributed by atoms with Gasteiger partial charge in [-0.2, -0.15) is 0 Å². The van der Waals surface area contributed by atoms with Gasteiger partial charge in [0.1, 0.15) is 12.4 Å². The van der Waals surface area contributed by atoms with Gasteiger partial charge in [0.25, 0.3) is 0 Å². The molecule has 1 saturated heterocycles. The molecule has 16 heavy (non-hydrogen) atoms. The molecule has 0 amide bonds. The Morgan fingerprint density at radius 1 is 1.19 bits per heavy atom. The van der Waals surface area contributed by atoms with Crippen molar-refractivity contribution >= 4 is 0 Å². The smallest absolute Gasteiger partial charge is 0.119 e. The standard InChI is InChI=1S/C14H21NO/c1-11-7-12(2)9-14(8-11)16-10-13-5-3-4-6-15-13/h7-9,13,15H,3-6,10H2,1-2H3. The van der Waals surface area contributed by atoms with E-state index in [0.717, 1.165) is 18.9 Å². The van der Waals surface area contributed by atoms with Crippen molar-refractivity contribution in [3.05, 3.63) is 29.3 Å². The summed E-state index contributed by atoms with van der Waals surface area (Å²) in [6.07, 6.45) is 3.87.